The van der Waals surface area contributed by atoms with E-state index in [0.717, 1.165) is 24.2 Å². The van der Waals surface area contributed by atoms with Gasteiger partial charge in [0.25, 0.3) is 0 Å². The third-order valence-electron chi connectivity index (χ3n) is 12.8. The zero-order valence-electron chi connectivity index (χ0n) is 35.8. The Hall–Kier alpha value is -3.51. The number of nitrogens with zero attached hydrogens (tertiary/aromatic N) is 1. The van der Waals surface area contributed by atoms with Crippen molar-refractivity contribution in [3.63, 3.8) is 0 Å². The van der Waals surface area contributed by atoms with Crippen LogP contribution in [0.25, 0.3) is 21.8 Å². The first-order valence-electron chi connectivity index (χ1n) is 20.6. The van der Waals surface area contributed by atoms with Gasteiger partial charge in [-0.2, -0.15) is 13.2 Å². The van der Waals surface area contributed by atoms with Crippen molar-refractivity contribution in [2.45, 2.75) is 122 Å². The molecule has 58 heavy (non-hydrogen) atoms. The van der Waals surface area contributed by atoms with Crippen LogP contribution < -0.4 is 9.46 Å². The van der Waals surface area contributed by atoms with E-state index >= 15 is 0 Å². The molecule has 1 N–H and O–H groups in total. The number of para-hydroxylation sites is 2. The number of hydrogen-bond acceptors (Lipinski definition) is 4. The molecule has 8 heteroatoms. The third kappa shape index (κ3) is 9.59. The van der Waals surface area contributed by atoms with Crippen LogP contribution in [0.4, 0.5) is 13.2 Å². The van der Waals surface area contributed by atoms with Crippen molar-refractivity contribution in [2.24, 2.45) is 22.7 Å². The third-order valence-corrected chi connectivity index (χ3v) is 15.3. The first-order valence-corrected chi connectivity index (χ1v) is 22.2. The lowest BCUT2D eigenvalue weighted by molar-refractivity contribution is -0.0336. The second-order valence-corrected chi connectivity index (χ2v) is 22.1. The molecule has 7 atom stereocenters. The molecule has 7 unspecified atom stereocenters. The Kier molecular flexibility index (Phi) is 12.8. The van der Waals surface area contributed by atoms with Gasteiger partial charge in [-0.15, -0.1) is 18.2 Å². The highest BCUT2D eigenvalue weighted by Gasteiger charge is 2.67. The maximum atomic E-state index is 12.8. The fourth-order valence-corrected chi connectivity index (χ4v) is 11.9. The number of rotatable bonds is 15. The standard InChI is InChI=1S/C50H61F3N2OS2/c1-12-29-56-38-27-25-37(26-28-38)45(47(7,8)9)34(3)33(2)44(55-42-19-15-13-17-39(42)40-18-14-16-20-43(40)55)31-48(10)49(11,57-48)41(30-46(4,5)6)36-23-21-35(22-24-36)32-54-58-50(51,52)53/h1,13-28,33-34,41,44-45,54H,29-32H2,2-11H3. The van der Waals surface area contributed by atoms with Crippen molar-refractivity contribution in [1.29, 1.82) is 0 Å². The minimum absolute atomic E-state index is 0.0160. The highest BCUT2D eigenvalue weighted by atomic mass is 32.2. The van der Waals surface area contributed by atoms with Crippen molar-refractivity contribution in [3.8, 4) is 18.1 Å². The maximum Gasteiger partial charge on any atom is 0.456 e. The number of ether oxygens (including phenoxy) is 1. The molecule has 310 valence electrons. The first-order chi connectivity index (χ1) is 27.2. The molecule has 6 rings (SSSR count). The summed E-state index contributed by atoms with van der Waals surface area (Å²) in [5.41, 5.74) is 1.66. The monoisotopic (exact) mass is 826 g/mol. The Bertz CT molecular complexity index is 2160. The molecule has 0 amide bonds. The number of alkyl halides is 3. The molecule has 5 aromatic rings. The minimum Gasteiger partial charge on any atom is -0.481 e. The Morgan fingerprint density at radius 1 is 0.793 bits per heavy atom. The number of fused-ring (bicyclic) bond motifs is 3. The number of thioether (sulfide) groups is 1. The van der Waals surface area contributed by atoms with E-state index < -0.39 is 5.51 Å². The smallest absolute Gasteiger partial charge is 0.456 e. The van der Waals surface area contributed by atoms with Crippen LogP contribution in [0.3, 0.4) is 0 Å². The van der Waals surface area contributed by atoms with Crippen LogP contribution >= 0.6 is 23.7 Å². The van der Waals surface area contributed by atoms with E-state index in [4.69, 9.17) is 11.2 Å². The summed E-state index contributed by atoms with van der Waals surface area (Å²) in [4.78, 5) is 0. The topological polar surface area (TPSA) is 26.2 Å². The van der Waals surface area contributed by atoms with Gasteiger partial charge in [0, 0.05) is 61.8 Å². The quantitative estimate of drug-likeness (QED) is 0.0646. The molecule has 3 nitrogen and oxygen atoms in total. The van der Waals surface area contributed by atoms with Crippen molar-refractivity contribution < 1.29 is 17.9 Å². The average Bonchev–Trinajstić information content (AvgIpc) is 3.55. The first kappa shape index (κ1) is 44.1. The number of halogens is 3. The molecular weight excluding hydrogens is 766 g/mol. The highest BCUT2D eigenvalue weighted by Crippen LogP contribution is 2.73. The molecule has 2 heterocycles. The molecule has 0 radical (unpaired) electrons. The zero-order valence-corrected chi connectivity index (χ0v) is 37.5. The van der Waals surface area contributed by atoms with E-state index in [2.05, 4.69) is 181 Å². The SMILES string of the molecule is C#CCOc1ccc(C(C(C)C(C)C(CC2(C)SC2(C)C(CC(C)(C)C)c2ccc(CNSC(F)(F)F)cc2)n2c3ccccc3c3ccccc32)C(C)(C)C)cc1. The summed E-state index contributed by atoms with van der Waals surface area (Å²) in [5.74, 6) is 4.46. The van der Waals surface area contributed by atoms with Crippen molar-refractivity contribution in [2.75, 3.05) is 6.61 Å². The van der Waals surface area contributed by atoms with Crippen LogP contribution in [0.2, 0.25) is 0 Å². The van der Waals surface area contributed by atoms with Crippen LogP contribution in [0.15, 0.2) is 97.1 Å². The van der Waals surface area contributed by atoms with E-state index in [1.165, 1.54) is 32.9 Å². The predicted octanol–water partition coefficient (Wildman–Crippen LogP) is 14.6. The molecule has 0 bridgehead atoms. The summed E-state index contributed by atoms with van der Waals surface area (Å²) < 4.78 is 49.3. The van der Waals surface area contributed by atoms with Gasteiger partial charge in [0.1, 0.15) is 12.4 Å². The Labute approximate surface area is 353 Å². The van der Waals surface area contributed by atoms with Gasteiger partial charge < -0.3 is 9.30 Å². The maximum absolute atomic E-state index is 12.8. The summed E-state index contributed by atoms with van der Waals surface area (Å²) in [6.07, 6.45) is 7.46. The van der Waals surface area contributed by atoms with Crippen molar-refractivity contribution in [3.05, 3.63) is 114 Å². The van der Waals surface area contributed by atoms with Gasteiger partial charge in [-0.05, 0) is 96.2 Å². The molecule has 1 saturated heterocycles. The Morgan fingerprint density at radius 2 is 1.34 bits per heavy atom. The van der Waals surface area contributed by atoms with Crippen LogP contribution in [0.5, 0.6) is 5.75 Å². The Balaban J connectivity index is 1.40. The largest absolute Gasteiger partial charge is 0.481 e. The van der Waals surface area contributed by atoms with Crippen LogP contribution in [-0.2, 0) is 6.54 Å². The lowest BCUT2D eigenvalue weighted by Gasteiger charge is -2.43. The average molecular weight is 827 g/mol. The van der Waals surface area contributed by atoms with E-state index in [1.807, 2.05) is 12.1 Å². The molecule has 0 saturated carbocycles. The minimum atomic E-state index is -4.32. The number of nitrogens with one attached hydrogen (secondary N) is 1. The summed E-state index contributed by atoms with van der Waals surface area (Å²) in [6.45, 7) is 24.3. The summed E-state index contributed by atoms with van der Waals surface area (Å²) in [5, 5.41) is 2.56. The van der Waals surface area contributed by atoms with Gasteiger partial charge in [-0.3, -0.25) is 4.72 Å². The molecule has 1 aliphatic rings. The molecule has 1 aliphatic heterocycles. The van der Waals surface area contributed by atoms with Crippen LogP contribution in [0.1, 0.15) is 117 Å². The highest BCUT2D eigenvalue weighted by molar-refractivity contribution is 8.09. The van der Waals surface area contributed by atoms with Gasteiger partial charge in [0.2, 0.25) is 0 Å². The van der Waals surface area contributed by atoms with Gasteiger partial charge in [-0.1, -0.05) is 134 Å². The normalized spacial score (nSPS) is 21.3. The lowest BCUT2D eigenvalue weighted by atomic mass is 9.64. The number of hydrogen-bond donors (Lipinski definition) is 1. The van der Waals surface area contributed by atoms with Crippen LogP contribution in [-0.4, -0.2) is 26.2 Å². The predicted molar refractivity (Wildman–Crippen MR) is 243 cm³/mol. The number of terminal acetylenes is 1. The van der Waals surface area contributed by atoms with E-state index in [1.54, 1.807) is 0 Å². The van der Waals surface area contributed by atoms with Gasteiger partial charge in [0.15, 0.2) is 0 Å². The Morgan fingerprint density at radius 3 is 1.86 bits per heavy atom. The lowest BCUT2D eigenvalue weighted by Crippen LogP contribution is -2.37. The summed E-state index contributed by atoms with van der Waals surface area (Å²) in [6, 6.07) is 34.8. The van der Waals surface area contributed by atoms with E-state index in [-0.39, 0.29) is 69.2 Å². The van der Waals surface area contributed by atoms with Gasteiger partial charge in [0.05, 0.1) is 0 Å². The van der Waals surface area contributed by atoms with Crippen LogP contribution in [0, 0.1) is 35.0 Å². The fourth-order valence-electron chi connectivity index (χ4n) is 9.80. The molecule has 0 aliphatic carbocycles. The van der Waals surface area contributed by atoms with Crippen molar-refractivity contribution >= 4 is 45.5 Å². The number of aromatic nitrogens is 1. The summed E-state index contributed by atoms with van der Waals surface area (Å²) >= 11 is 1.92. The zero-order chi connectivity index (χ0) is 42.3. The second-order valence-electron chi connectivity index (χ2n) is 19.2. The molecule has 1 fully saturated rings. The fraction of sp³-hybridized carbons (Fsp3) is 0.480. The number of benzene rings is 4. The van der Waals surface area contributed by atoms with E-state index in [9.17, 15) is 13.2 Å². The summed E-state index contributed by atoms with van der Waals surface area (Å²) in [7, 11) is 0. The molecule has 4 aromatic carbocycles. The molecular formula is C50H61F3N2OS2. The van der Waals surface area contributed by atoms with E-state index in [0.29, 0.717) is 5.92 Å². The van der Waals surface area contributed by atoms with Gasteiger partial charge in [-0.25, -0.2) is 0 Å². The van der Waals surface area contributed by atoms with Gasteiger partial charge >= 0.3 is 5.51 Å². The molecule has 1 aromatic heterocycles. The molecule has 0 spiro atoms. The second kappa shape index (κ2) is 16.9. The van der Waals surface area contributed by atoms with Crippen molar-refractivity contribution in [1.82, 2.24) is 9.29 Å².